The van der Waals surface area contributed by atoms with Crippen molar-refractivity contribution in [2.75, 3.05) is 24.2 Å². The lowest BCUT2D eigenvalue weighted by Gasteiger charge is -2.34. The molecule has 0 heterocycles. The molecule has 0 bridgehead atoms. The lowest BCUT2D eigenvalue weighted by atomic mass is 10.0. The van der Waals surface area contributed by atoms with Gasteiger partial charge in [-0.1, -0.05) is 73.5 Å². The van der Waals surface area contributed by atoms with Gasteiger partial charge in [0, 0.05) is 19.0 Å². The van der Waals surface area contributed by atoms with Gasteiger partial charge in [-0.25, -0.2) is 8.42 Å². The smallest absolute Gasteiger partial charge is 0.244 e. The minimum absolute atomic E-state index is 0.0661. The third-order valence-corrected chi connectivity index (χ3v) is 8.32. The number of carbonyl (C=O) groups is 2. The van der Waals surface area contributed by atoms with Crippen molar-refractivity contribution in [1.29, 1.82) is 0 Å². The van der Waals surface area contributed by atoms with Crippen LogP contribution in [0.3, 0.4) is 0 Å². The van der Waals surface area contributed by atoms with Crippen LogP contribution in [-0.4, -0.2) is 57.1 Å². The average molecular weight is 564 g/mol. The Kier molecular flexibility index (Phi) is 9.82. The minimum Gasteiger partial charge on any atom is -0.497 e. The molecule has 40 heavy (non-hydrogen) atoms. The molecule has 1 atom stereocenters. The fourth-order valence-corrected chi connectivity index (χ4v) is 5.95. The largest absolute Gasteiger partial charge is 0.497 e. The standard InChI is InChI=1S/C31H37N3O5S/c1-39-28-19-11-14-25(20-28)22-33(30(35)23-34(40(2,37)38)27-17-7-4-8-18-27)29(21-24-12-5-3-6-13-24)31(36)32-26-15-9-10-16-26/h3-8,11-14,17-20,26,29H,9-10,15-16,21-23H2,1-2H3,(H,32,36)/t29-/m0/s1. The summed E-state index contributed by atoms with van der Waals surface area (Å²) in [4.78, 5) is 29.5. The Bertz CT molecular complexity index is 1380. The van der Waals surface area contributed by atoms with Crippen molar-refractivity contribution in [3.63, 3.8) is 0 Å². The second-order valence-electron chi connectivity index (χ2n) is 10.2. The van der Waals surface area contributed by atoms with Crippen molar-refractivity contribution in [3.05, 3.63) is 96.1 Å². The summed E-state index contributed by atoms with van der Waals surface area (Å²) in [5, 5.41) is 3.17. The van der Waals surface area contributed by atoms with Gasteiger partial charge < -0.3 is 15.0 Å². The van der Waals surface area contributed by atoms with Gasteiger partial charge in [-0.3, -0.25) is 13.9 Å². The predicted molar refractivity (Wildman–Crippen MR) is 157 cm³/mol. The molecule has 0 unspecified atom stereocenters. The molecule has 3 aromatic carbocycles. The first-order valence-electron chi connectivity index (χ1n) is 13.5. The molecule has 1 N–H and O–H groups in total. The van der Waals surface area contributed by atoms with Gasteiger partial charge in [0.1, 0.15) is 18.3 Å². The van der Waals surface area contributed by atoms with Crippen LogP contribution in [0.15, 0.2) is 84.9 Å². The maximum absolute atomic E-state index is 14.1. The summed E-state index contributed by atoms with van der Waals surface area (Å²) in [5.74, 6) is -0.0841. The zero-order valence-corrected chi connectivity index (χ0v) is 23.8. The number of rotatable bonds is 12. The van der Waals surface area contributed by atoms with Crippen LogP contribution in [-0.2, 0) is 32.6 Å². The number of nitrogens with zero attached hydrogens (tertiary/aromatic N) is 2. The van der Waals surface area contributed by atoms with Gasteiger partial charge >= 0.3 is 0 Å². The van der Waals surface area contributed by atoms with Crippen LogP contribution in [0.5, 0.6) is 5.75 Å². The lowest BCUT2D eigenvalue weighted by molar-refractivity contribution is -0.140. The van der Waals surface area contributed by atoms with Crippen LogP contribution < -0.4 is 14.4 Å². The molecule has 1 saturated carbocycles. The molecule has 4 rings (SSSR count). The third kappa shape index (κ3) is 7.85. The van der Waals surface area contributed by atoms with Crippen LogP contribution in [0.4, 0.5) is 5.69 Å². The van der Waals surface area contributed by atoms with Crippen molar-refractivity contribution >= 4 is 27.5 Å². The topological polar surface area (TPSA) is 96.0 Å². The molecule has 9 heteroatoms. The summed E-state index contributed by atoms with van der Waals surface area (Å²) in [6.07, 6.45) is 5.29. The van der Waals surface area contributed by atoms with E-state index >= 15 is 0 Å². The average Bonchev–Trinajstić information content (AvgIpc) is 3.47. The van der Waals surface area contributed by atoms with Crippen LogP contribution in [0.25, 0.3) is 0 Å². The Morgan fingerprint density at radius 3 is 2.17 bits per heavy atom. The molecule has 212 valence electrons. The highest BCUT2D eigenvalue weighted by Crippen LogP contribution is 2.23. The highest BCUT2D eigenvalue weighted by Gasteiger charge is 2.34. The quantitative estimate of drug-likeness (QED) is 0.357. The monoisotopic (exact) mass is 563 g/mol. The molecule has 0 saturated heterocycles. The Morgan fingerprint density at radius 2 is 1.55 bits per heavy atom. The number of carbonyl (C=O) groups excluding carboxylic acids is 2. The summed E-state index contributed by atoms with van der Waals surface area (Å²) >= 11 is 0. The van der Waals surface area contributed by atoms with E-state index in [1.54, 1.807) is 37.4 Å². The summed E-state index contributed by atoms with van der Waals surface area (Å²) in [6.45, 7) is -0.327. The normalized spacial score (nSPS) is 14.3. The number of sulfonamides is 1. The predicted octanol–water partition coefficient (Wildman–Crippen LogP) is 4.16. The molecule has 3 aromatic rings. The number of hydrogen-bond acceptors (Lipinski definition) is 5. The van der Waals surface area contributed by atoms with E-state index in [4.69, 9.17) is 4.74 Å². The van der Waals surface area contributed by atoms with E-state index < -0.39 is 28.5 Å². The van der Waals surface area contributed by atoms with E-state index in [0.29, 0.717) is 17.9 Å². The lowest BCUT2D eigenvalue weighted by Crippen LogP contribution is -2.54. The number of hydrogen-bond donors (Lipinski definition) is 1. The van der Waals surface area contributed by atoms with Gasteiger partial charge in [-0.15, -0.1) is 0 Å². The first-order valence-corrected chi connectivity index (χ1v) is 15.4. The number of ether oxygens (including phenoxy) is 1. The van der Waals surface area contributed by atoms with Crippen molar-refractivity contribution in [2.45, 2.75) is 50.7 Å². The van der Waals surface area contributed by atoms with E-state index in [1.165, 1.54) is 4.90 Å². The number of anilines is 1. The number of para-hydroxylation sites is 1. The Hall–Kier alpha value is -3.85. The molecule has 8 nitrogen and oxygen atoms in total. The third-order valence-electron chi connectivity index (χ3n) is 7.18. The number of methoxy groups -OCH3 is 1. The van der Waals surface area contributed by atoms with Crippen molar-refractivity contribution < 1.29 is 22.7 Å². The van der Waals surface area contributed by atoms with Crippen LogP contribution in [0, 0.1) is 0 Å². The van der Waals surface area contributed by atoms with Crippen LogP contribution >= 0.6 is 0 Å². The fourth-order valence-electron chi connectivity index (χ4n) is 5.10. The van der Waals surface area contributed by atoms with E-state index in [0.717, 1.165) is 47.4 Å². The highest BCUT2D eigenvalue weighted by atomic mass is 32.2. The molecule has 1 aliphatic rings. The van der Waals surface area contributed by atoms with Gasteiger partial charge in [0.25, 0.3) is 0 Å². The summed E-state index contributed by atoms with van der Waals surface area (Å²) in [7, 11) is -2.22. The first kappa shape index (κ1) is 29.1. The van der Waals surface area contributed by atoms with Gasteiger partial charge in [-0.05, 0) is 48.2 Å². The molecular weight excluding hydrogens is 526 g/mol. The highest BCUT2D eigenvalue weighted by molar-refractivity contribution is 7.92. The molecule has 1 fully saturated rings. The Labute approximate surface area is 237 Å². The first-order chi connectivity index (χ1) is 19.2. The minimum atomic E-state index is -3.79. The van der Waals surface area contributed by atoms with E-state index in [2.05, 4.69) is 5.32 Å². The van der Waals surface area contributed by atoms with Crippen molar-refractivity contribution in [1.82, 2.24) is 10.2 Å². The molecule has 1 aliphatic carbocycles. The van der Waals surface area contributed by atoms with E-state index in [9.17, 15) is 18.0 Å². The second-order valence-corrected chi connectivity index (χ2v) is 12.1. The molecular formula is C31H37N3O5S. The number of benzene rings is 3. The molecule has 0 aliphatic heterocycles. The maximum Gasteiger partial charge on any atom is 0.244 e. The molecule has 0 spiro atoms. The van der Waals surface area contributed by atoms with Crippen molar-refractivity contribution in [3.8, 4) is 5.75 Å². The van der Waals surface area contributed by atoms with E-state index in [-0.39, 0.29) is 18.5 Å². The van der Waals surface area contributed by atoms with Gasteiger partial charge in [0.15, 0.2) is 0 Å². The van der Waals surface area contributed by atoms with Gasteiger partial charge in [0.2, 0.25) is 21.8 Å². The van der Waals surface area contributed by atoms with Gasteiger partial charge in [0.05, 0.1) is 19.1 Å². The number of nitrogens with one attached hydrogen (secondary N) is 1. The second kappa shape index (κ2) is 13.5. The molecule has 2 amide bonds. The summed E-state index contributed by atoms with van der Waals surface area (Å²) in [5.41, 5.74) is 2.06. The SMILES string of the molecule is COc1cccc(CN(C(=O)CN(c2ccccc2)S(C)(=O)=O)[C@@H](Cc2ccccc2)C(=O)NC2CCCC2)c1. The number of amides is 2. The van der Waals surface area contributed by atoms with Crippen molar-refractivity contribution in [2.24, 2.45) is 0 Å². The maximum atomic E-state index is 14.1. The zero-order chi connectivity index (χ0) is 28.5. The summed E-state index contributed by atoms with van der Waals surface area (Å²) in [6, 6.07) is 24.6. The molecule has 0 radical (unpaired) electrons. The van der Waals surface area contributed by atoms with Crippen LogP contribution in [0.2, 0.25) is 0 Å². The fraction of sp³-hybridized carbons (Fsp3) is 0.355. The Morgan fingerprint density at radius 1 is 0.925 bits per heavy atom. The molecule has 0 aromatic heterocycles. The van der Waals surface area contributed by atoms with Gasteiger partial charge in [-0.2, -0.15) is 0 Å². The van der Waals surface area contributed by atoms with Crippen LogP contribution in [0.1, 0.15) is 36.8 Å². The summed E-state index contributed by atoms with van der Waals surface area (Å²) < 4.78 is 32.1. The Balaban J connectivity index is 1.72. The van der Waals surface area contributed by atoms with E-state index in [1.807, 2.05) is 54.6 Å². The zero-order valence-electron chi connectivity index (χ0n) is 23.0.